The molecular formula is C30H33N5O7S. The molecule has 0 radical (unpaired) electrons. The fourth-order valence-corrected chi connectivity index (χ4v) is 6.37. The van der Waals surface area contributed by atoms with Crippen molar-refractivity contribution in [3.8, 4) is 11.1 Å². The van der Waals surface area contributed by atoms with Gasteiger partial charge in [-0.15, -0.1) is 0 Å². The molecule has 2 unspecified atom stereocenters. The van der Waals surface area contributed by atoms with E-state index in [9.17, 15) is 32.7 Å². The van der Waals surface area contributed by atoms with Crippen molar-refractivity contribution in [2.24, 2.45) is 0 Å². The van der Waals surface area contributed by atoms with Gasteiger partial charge >= 0.3 is 12.0 Å². The quantitative estimate of drug-likeness (QED) is 0.184. The zero-order chi connectivity index (χ0) is 31.0. The Balaban J connectivity index is 0.000000615. The van der Waals surface area contributed by atoms with Crippen molar-refractivity contribution in [3.05, 3.63) is 84.4 Å². The number of carboxylic acids is 1. The Hall–Kier alpha value is -4.75. The predicted molar refractivity (Wildman–Crippen MR) is 159 cm³/mol. The molecule has 226 valence electrons. The van der Waals surface area contributed by atoms with Gasteiger partial charge < -0.3 is 26.4 Å². The number of benzene rings is 3. The van der Waals surface area contributed by atoms with Crippen molar-refractivity contribution in [1.82, 2.24) is 20.3 Å². The molecule has 2 aromatic rings. The van der Waals surface area contributed by atoms with Gasteiger partial charge in [0, 0.05) is 20.0 Å². The van der Waals surface area contributed by atoms with Gasteiger partial charge in [-0.2, -0.15) is 4.31 Å². The van der Waals surface area contributed by atoms with Crippen LogP contribution < -0.4 is 21.3 Å². The molecule has 0 spiro atoms. The molecule has 1 aliphatic heterocycles. The zero-order valence-electron chi connectivity index (χ0n) is 23.4. The molecule has 12 nitrogen and oxygen atoms in total. The molecule has 1 heterocycles. The van der Waals surface area contributed by atoms with Gasteiger partial charge in [-0.3, -0.25) is 9.59 Å². The number of fused-ring (bicyclic) bond motifs is 1. The molecular weight excluding hydrogens is 574 g/mol. The average molecular weight is 608 g/mol. The zero-order valence-corrected chi connectivity index (χ0v) is 24.3. The smallest absolute Gasteiger partial charge is 0.328 e. The largest absolute Gasteiger partial charge is 0.480 e. The molecule has 0 saturated carbocycles. The molecule has 13 heteroatoms. The first-order valence-corrected chi connectivity index (χ1v) is 15.1. The van der Waals surface area contributed by atoms with Gasteiger partial charge in [-0.1, -0.05) is 66.7 Å². The van der Waals surface area contributed by atoms with Gasteiger partial charge in [0.2, 0.25) is 21.8 Å². The molecule has 2 aliphatic carbocycles. The summed E-state index contributed by atoms with van der Waals surface area (Å²) in [5, 5.41) is 19.4. The predicted octanol–water partition coefficient (Wildman–Crippen LogP) is 2.53. The van der Waals surface area contributed by atoms with Crippen molar-refractivity contribution < 1.29 is 32.7 Å². The molecule has 1 fully saturated rings. The molecule has 43 heavy (non-hydrogen) atoms. The molecule has 5 N–H and O–H groups in total. The van der Waals surface area contributed by atoms with Crippen molar-refractivity contribution >= 4 is 39.5 Å². The molecule has 0 bridgehead atoms. The highest BCUT2D eigenvalue weighted by molar-refractivity contribution is 7.89. The maximum absolute atomic E-state index is 13.4. The second kappa shape index (κ2) is 13.9. The summed E-state index contributed by atoms with van der Waals surface area (Å²) in [6.07, 6.45) is 0.572. The van der Waals surface area contributed by atoms with Crippen molar-refractivity contribution in [3.63, 3.8) is 0 Å². The molecule has 2 aromatic carbocycles. The number of sulfonamides is 1. The van der Waals surface area contributed by atoms with E-state index in [0.717, 1.165) is 9.87 Å². The normalized spacial score (nSPS) is 15.7. The van der Waals surface area contributed by atoms with Crippen molar-refractivity contribution in [2.45, 2.75) is 43.3 Å². The summed E-state index contributed by atoms with van der Waals surface area (Å²) < 4.78 is 27.8. The van der Waals surface area contributed by atoms with Crippen LogP contribution in [0.4, 0.5) is 10.5 Å². The lowest BCUT2D eigenvalue weighted by Crippen LogP contribution is -2.54. The molecule has 5 rings (SSSR count). The Bertz CT molecular complexity index is 1560. The van der Waals surface area contributed by atoms with E-state index in [1.54, 1.807) is 6.07 Å². The van der Waals surface area contributed by atoms with Crippen LogP contribution in [0.15, 0.2) is 83.8 Å². The van der Waals surface area contributed by atoms with E-state index in [1.807, 2.05) is 30.3 Å². The number of anilines is 1. The van der Waals surface area contributed by atoms with E-state index < -0.39 is 52.5 Å². The first-order valence-electron chi connectivity index (χ1n) is 13.6. The summed E-state index contributed by atoms with van der Waals surface area (Å²) in [6.45, 7) is 1.11. The number of carbonyl (C=O) groups is 4. The van der Waals surface area contributed by atoms with Crippen molar-refractivity contribution in [1.29, 1.82) is 0 Å². The van der Waals surface area contributed by atoms with Crippen LogP contribution in [-0.4, -0.2) is 66.8 Å². The highest BCUT2D eigenvalue weighted by Gasteiger charge is 2.41. The lowest BCUT2D eigenvalue weighted by Gasteiger charge is -2.26. The minimum Gasteiger partial charge on any atom is -0.480 e. The van der Waals surface area contributed by atoms with Crippen LogP contribution >= 0.6 is 0 Å². The van der Waals surface area contributed by atoms with Crippen LogP contribution in [0.3, 0.4) is 0 Å². The summed E-state index contributed by atoms with van der Waals surface area (Å²) in [4.78, 5) is 48.2. The molecule has 4 amide bonds. The fourth-order valence-electron chi connectivity index (χ4n) is 4.57. The summed E-state index contributed by atoms with van der Waals surface area (Å²) >= 11 is 0. The van der Waals surface area contributed by atoms with Crippen LogP contribution in [0.2, 0.25) is 0 Å². The third-order valence-corrected chi connectivity index (χ3v) is 8.85. The Labute approximate surface area is 249 Å². The fraction of sp³-hybridized carbons (Fsp3) is 0.267. The van der Waals surface area contributed by atoms with Gasteiger partial charge in [0.1, 0.15) is 17.0 Å². The van der Waals surface area contributed by atoms with E-state index >= 15 is 0 Å². The highest BCUT2D eigenvalue weighted by Crippen LogP contribution is 2.31. The molecule has 2 atom stereocenters. The minimum absolute atomic E-state index is 0.0483. The Morgan fingerprint density at radius 1 is 0.907 bits per heavy atom. The van der Waals surface area contributed by atoms with Crippen LogP contribution in [0.5, 0.6) is 0 Å². The third kappa shape index (κ3) is 7.96. The maximum Gasteiger partial charge on any atom is 0.328 e. The standard InChI is InChI=1S/C24H29N5O7S.C6H4/c1-16(30)27-18-10-5-6-12-21(18)37(35,36)29-13-7-11-20(29)22(31)28-19(23(32)33)15-26-24(34)25-14-17-8-3-2-4-9-17;1-2-6-4-3-5(1)6/h2-6,8-10,12,19-20H,7,11,13-15H2,1H3,(H,27,30)(H,28,31)(H,32,33)(H2,25,26,34);1-4H. The summed E-state index contributed by atoms with van der Waals surface area (Å²) in [5.74, 6) is -2.64. The number of carboxylic acid groups (broad SMARTS) is 1. The van der Waals surface area contributed by atoms with Gasteiger partial charge in [0.15, 0.2) is 0 Å². The Morgan fingerprint density at radius 3 is 2.12 bits per heavy atom. The average Bonchev–Trinajstić information content (AvgIpc) is 3.48. The number of para-hydroxylation sites is 1. The third-order valence-electron chi connectivity index (χ3n) is 6.89. The minimum atomic E-state index is -4.19. The van der Waals surface area contributed by atoms with Crippen molar-refractivity contribution in [2.75, 3.05) is 18.4 Å². The second-order valence-electron chi connectivity index (χ2n) is 9.98. The first kappa shape index (κ1) is 31.2. The number of nitrogens with zero attached hydrogens (tertiary/aromatic N) is 1. The van der Waals surface area contributed by atoms with E-state index in [0.29, 0.717) is 6.42 Å². The SMILES string of the molecule is CC(=O)Nc1ccccc1S(=O)(=O)N1CCCC1C(=O)NC(CNC(=O)NCc1ccccc1)C(=O)O.c1cc2ccc1-2. The van der Waals surface area contributed by atoms with E-state index in [2.05, 4.69) is 45.5 Å². The number of hydrogen-bond donors (Lipinski definition) is 5. The van der Waals surface area contributed by atoms with Crippen LogP contribution in [-0.2, 0) is 31.0 Å². The number of aliphatic carboxylic acids is 1. The number of hydrogen-bond acceptors (Lipinski definition) is 6. The summed E-state index contributed by atoms with van der Waals surface area (Å²) in [7, 11) is -4.19. The topological polar surface area (TPSA) is 174 Å². The van der Waals surface area contributed by atoms with E-state index in [4.69, 9.17) is 0 Å². The number of rotatable bonds is 10. The van der Waals surface area contributed by atoms with Gasteiger partial charge in [-0.05, 0) is 41.7 Å². The van der Waals surface area contributed by atoms with E-state index in [-0.39, 0.29) is 30.1 Å². The van der Waals surface area contributed by atoms with Crippen LogP contribution in [0.1, 0.15) is 25.3 Å². The van der Waals surface area contributed by atoms with Crippen LogP contribution in [0, 0.1) is 0 Å². The van der Waals surface area contributed by atoms with Gasteiger partial charge in [0.05, 0.1) is 12.2 Å². The maximum atomic E-state index is 13.4. The Kier molecular flexibility index (Phi) is 10.1. The molecule has 1 saturated heterocycles. The number of nitrogens with one attached hydrogen (secondary N) is 4. The second-order valence-corrected chi connectivity index (χ2v) is 11.8. The molecule has 3 aliphatic rings. The number of urea groups is 1. The molecule has 0 aromatic heterocycles. The monoisotopic (exact) mass is 607 g/mol. The lowest BCUT2D eigenvalue weighted by molar-refractivity contribution is -0.142. The Morgan fingerprint density at radius 2 is 1.53 bits per heavy atom. The van der Waals surface area contributed by atoms with E-state index in [1.165, 1.54) is 36.2 Å². The number of amides is 4. The van der Waals surface area contributed by atoms with Gasteiger partial charge in [0.25, 0.3) is 0 Å². The lowest BCUT2D eigenvalue weighted by atomic mass is 9.95. The summed E-state index contributed by atoms with van der Waals surface area (Å²) in [5.41, 5.74) is 3.78. The van der Waals surface area contributed by atoms with Crippen LogP contribution in [0.25, 0.3) is 11.1 Å². The first-order chi connectivity index (χ1) is 20.6. The van der Waals surface area contributed by atoms with Gasteiger partial charge in [-0.25, -0.2) is 18.0 Å². The highest BCUT2D eigenvalue weighted by atomic mass is 32.2. The summed E-state index contributed by atoms with van der Waals surface area (Å²) in [6, 6.07) is 20.2. The number of carbonyl (C=O) groups excluding carboxylic acids is 3.